The Morgan fingerprint density at radius 2 is 2.12 bits per heavy atom. The number of anilines is 1. The average molecular weight is 344 g/mol. The lowest BCUT2D eigenvalue weighted by Gasteiger charge is -2.14. The monoisotopic (exact) mass is 344 g/mol. The first-order valence-electron chi connectivity index (χ1n) is 7.74. The Hall–Kier alpha value is -2.47. The summed E-state index contributed by atoms with van der Waals surface area (Å²) in [4.78, 5) is 29.7. The van der Waals surface area contributed by atoms with Crippen molar-refractivity contribution >= 4 is 34.2 Å². The van der Waals surface area contributed by atoms with Gasteiger partial charge in [-0.2, -0.15) is 0 Å². The van der Waals surface area contributed by atoms with Crippen LogP contribution in [0.4, 0.5) is 5.13 Å². The molecule has 0 aliphatic rings. The van der Waals surface area contributed by atoms with E-state index in [4.69, 9.17) is 4.74 Å². The minimum Gasteiger partial charge on any atom is -0.494 e. The molecule has 0 spiro atoms. The van der Waals surface area contributed by atoms with Crippen LogP contribution in [-0.2, 0) is 4.79 Å². The summed E-state index contributed by atoms with van der Waals surface area (Å²) < 4.78 is 5.40. The summed E-state index contributed by atoms with van der Waals surface area (Å²) >= 11 is 1.38. The van der Waals surface area contributed by atoms with Crippen LogP contribution >= 0.6 is 11.3 Å². The highest BCUT2D eigenvalue weighted by molar-refractivity contribution is 7.14. The van der Waals surface area contributed by atoms with E-state index in [1.807, 2.05) is 25.3 Å². The van der Waals surface area contributed by atoms with Gasteiger partial charge in [0.05, 0.1) is 12.3 Å². The van der Waals surface area contributed by atoms with E-state index in [2.05, 4.69) is 4.98 Å². The summed E-state index contributed by atoms with van der Waals surface area (Å²) in [6, 6.07) is 7.07. The molecule has 0 N–H and O–H groups in total. The van der Waals surface area contributed by atoms with Crippen LogP contribution in [0.25, 0.3) is 6.08 Å². The number of amides is 1. The fourth-order valence-electron chi connectivity index (χ4n) is 2.13. The van der Waals surface area contributed by atoms with E-state index in [9.17, 15) is 9.59 Å². The zero-order valence-corrected chi connectivity index (χ0v) is 14.8. The molecule has 0 atom stereocenters. The van der Waals surface area contributed by atoms with E-state index in [1.165, 1.54) is 24.3 Å². The fourth-order valence-corrected chi connectivity index (χ4v) is 3.03. The molecule has 24 heavy (non-hydrogen) atoms. The molecule has 1 amide bonds. The van der Waals surface area contributed by atoms with Crippen molar-refractivity contribution in [3.05, 3.63) is 47.0 Å². The van der Waals surface area contributed by atoms with Gasteiger partial charge in [-0.05, 0) is 38.1 Å². The van der Waals surface area contributed by atoms with Crippen molar-refractivity contribution in [1.29, 1.82) is 0 Å². The molecule has 0 bridgehead atoms. The highest BCUT2D eigenvalue weighted by atomic mass is 32.1. The molecule has 126 valence electrons. The SMILES string of the molecule is CCOc1cccc(C(=O)/C=C/c2csc(N(CC)C(C)=O)n2)c1. The summed E-state index contributed by atoms with van der Waals surface area (Å²) in [6.07, 6.45) is 3.14. The van der Waals surface area contributed by atoms with Gasteiger partial charge >= 0.3 is 0 Å². The molecule has 6 heteroatoms. The van der Waals surface area contributed by atoms with Crippen LogP contribution in [0.3, 0.4) is 0 Å². The molecule has 1 heterocycles. The van der Waals surface area contributed by atoms with Crippen molar-refractivity contribution in [3.8, 4) is 5.75 Å². The van der Waals surface area contributed by atoms with Crippen molar-refractivity contribution in [2.24, 2.45) is 0 Å². The van der Waals surface area contributed by atoms with Crippen LogP contribution in [0.2, 0.25) is 0 Å². The number of carbonyl (C=O) groups is 2. The lowest BCUT2D eigenvalue weighted by molar-refractivity contribution is -0.116. The predicted molar refractivity (Wildman–Crippen MR) is 96.8 cm³/mol. The normalized spacial score (nSPS) is 10.8. The summed E-state index contributed by atoms with van der Waals surface area (Å²) in [5.41, 5.74) is 1.22. The Balaban J connectivity index is 2.10. The Morgan fingerprint density at radius 1 is 1.33 bits per heavy atom. The van der Waals surface area contributed by atoms with Crippen molar-refractivity contribution < 1.29 is 14.3 Å². The third kappa shape index (κ3) is 4.52. The van der Waals surface area contributed by atoms with Crippen LogP contribution in [-0.4, -0.2) is 29.8 Å². The zero-order chi connectivity index (χ0) is 17.5. The molecule has 1 aromatic heterocycles. The van der Waals surface area contributed by atoms with Crippen LogP contribution in [0.15, 0.2) is 35.7 Å². The quantitative estimate of drug-likeness (QED) is 0.566. The molecule has 0 aliphatic carbocycles. The lowest BCUT2D eigenvalue weighted by atomic mass is 10.1. The van der Waals surface area contributed by atoms with E-state index >= 15 is 0 Å². The first-order chi connectivity index (χ1) is 11.5. The molecular weight excluding hydrogens is 324 g/mol. The number of carbonyl (C=O) groups excluding carboxylic acids is 2. The minimum absolute atomic E-state index is 0.0498. The average Bonchev–Trinajstić information content (AvgIpc) is 3.02. The second-order valence-electron chi connectivity index (χ2n) is 4.98. The third-order valence-corrected chi connectivity index (χ3v) is 4.15. The van der Waals surface area contributed by atoms with Crippen molar-refractivity contribution in [1.82, 2.24) is 4.98 Å². The molecule has 2 rings (SSSR count). The van der Waals surface area contributed by atoms with E-state index in [1.54, 1.807) is 29.2 Å². The van der Waals surface area contributed by atoms with Crippen LogP contribution < -0.4 is 9.64 Å². The Kier molecular flexibility index (Phi) is 6.26. The number of hydrogen-bond acceptors (Lipinski definition) is 5. The summed E-state index contributed by atoms with van der Waals surface area (Å²) in [6.45, 7) is 6.42. The number of aromatic nitrogens is 1. The Labute approximate surface area is 145 Å². The topological polar surface area (TPSA) is 59.5 Å². The van der Waals surface area contributed by atoms with Crippen LogP contribution in [0.1, 0.15) is 36.8 Å². The molecule has 0 fully saturated rings. The first kappa shape index (κ1) is 17.9. The van der Waals surface area contributed by atoms with Crippen LogP contribution in [0.5, 0.6) is 5.75 Å². The number of rotatable bonds is 7. The molecule has 2 aromatic rings. The van der Waals surface area contributed by atoms with Gasteiger partial charge in [0.25, 0.3) is 0 Å². The van der Waals surface area contributed by atoms with E-state index in [-0.39, 0.29) is 11.7 Å². The summed E-state index contributed by atoms with van der Waals surface area (Å²) in [7, 11) is 0. The van der Waals surface area contributed by atoms with Gasteiger partial charge in [-0.3, -0.25) is 14.5 Å². The van der Waals surface area contributed by atoms with E-state index in [0.29, 0.717) is 35.3 Å². The zero-order valence-electron chi connectivity index (χ0n) is 14.0. The van der Waals surface area contributed by atoms with Crippen molar-refractivity contribution in [3.63, 3.8) is 0 Å². The molecule has 0 saturated carbocycles. The highest BCUT2D eigenvalue weighted by Gasteiger charge is 2.12. The standard InChI is InChI=1S/C18H20N2O3S/c1-4-20(13(3)21)18-19-15(12-24-18)9-10-17(22)14-7-6-8-16(11-14)23-5-2/h6-12H,4-5H2,1-3H3/b10-9+. The third-order valence-electron chi connectivity index (χ3n) is 3.27. The molecular formula is C18H20N2O3S. The Morgan fingerprint density at radius 3 is 2.79 bits per heavy atom. The largest absolute Gasteiger partial charge is 0.494 e. The molecule has 1 aromatic carbocycles. The highest BCUT2D eigenvalue weighted by Crippen LogP contribution is 2.21. The fraction of sp³-hybridized carbons (Fsp3) is 0.278. The molecule has 0 aliphatic heterocycles. The number of allylic oxidation sites excluding steroid dienone is 1. The molecule has 0 radical (unpaired) electrons. The minimum atomic E-state index is -0.120. The van der Waals surface area contributed by atoms with Gasteiger partial charge in [0.15, 0.2) is 10.9 Å². The van der Waals surface area contributed by atoms with Gasteiger partial charge in [0.2, 0.25) is 5.91 Å². The number of thiazole rings is 1. The second kappa shape index (κ2) is 8.40. The predicted octanol–water partition coefficient (Wildman–Crippen LogP) is 3.81. The number of ketones is 1. The number of benzene rings is 1. The van der Waals surface area contributed by atoms with Gasteiger partial charge in [-0.1, -0.05) is 12.1 Å². The number of nitrogens with zero attached hydrogens (tertiary/aromatic N) is 2. The smallest absolute Gasteiger partial charge is 0.225 e. The molecule has 0 saturated heterocycles. The van der Waals surface area contributed by atoms with Crippen molar-refractivity contribution in [2.75, 3.05) is 18.1 Å². The van der Waals surface area contributed by atoms with Gasteiger partial charge in [0.1, 0.15) is 5.75 Å². The summed E-state index contributed by atoms with van der Waals surface area (Å²) in [5.74, 6) is 0.504. The maximum absolute atomic E-state index is 12.2. The van der Waals surface area contributed by atoms with Crippen molar-refractivity contribution in [2.45, 2.75) is 20.8 Å². The summed E-state index contributed by atoms with van der Waals surface area (Å²) in [5, 5.41) is 2.46. The van der Waals surface area contributed by atoms with Gasteiger partial charge < -0.3 is 4.74 Å². The van der Waals surface area contributed by atoms with Gasteiger partial charge in [-0.25, -0.2) is 4.98 Å². The first-order valence-corrected chi connectivity index (χ1v) is 8.62. The number of ether oxygens (including phenoxy) is 1. The maximum Gasteiger partial charge on any atom is 0.225 e. The van der Waals surface area contributed by atoms with E-state index < -0.39 is 0 Å². The maximum atomic E-state index is 12.2. The second-order valence-corrected chi connectivity index (χ2v) is 5.81. The molecule has 5 nitrogen and oxygen atoms in total. The number of hydrogen-bond donors (Lipinski definition) is 0. The molecule has 0 unspecified atom stereocenters. The van der Waals surface area contributed by atoms with Gasteiger partial charge in [0, 0.05) is 24.4 Å². The lowest BCUT2D eigenvalue weighted by Crippen LogP contribution is -2.27. The van der Waals surface area contributed by atoms with E-state index in [0.717, 1.165) is 0 Å². The van der Waals surface area contributed by atoms with Gasteiger partial charge in [-0.15, -0.1) is 11.3 Å². The Bertz CT molecular complexity index is 752. The van der Waals surface area contributed by atoms with Crippen LogP contribution in [0, 0.1) is 0 Å².